The van der Waals surface area contributed by atoms with Crippen molar-refractivity contribution in [1.82, 2.24) is 9.88 Å². The molecule has 2 amide bonds. The monoisotopic (exact) mass is 487 g/mol. The number of carbonyl (C=O) groups excluding carboxylic acids is 2. The molecule has 1 aliphatic rings. The highest BCUT2D eigenvalue weighted by atomic mass is 16.6. The minimum atomic E-state index is -0.644. The molecule has 0 saturated carbocycles. The number of piperidine rings is 1. The summed E-state index contributed by atoms with van der Waals surface area (Å²) in [6, 6.07) is 17.1. The number of carbonyl (C=O) groups is 2. The minimum absolute atomic E-state index is 0.0815. The van der Waals surface area contributed by atoms with E-state index in [0.29, 0.717) is 31.7 Å². The molecular weight excluding hydrogens is 458 g/mol. The summed E-state index contributed by atoms with van der Waals surface area (Å²) in [4.78, 5) is 43.6. The Morgan fingerprint density at radius 1 is 1.00 bits per heavy atom. The third-order valence-corrected chi connectivity index (χ3v) is 6.40. The molecule has 186 valence electrons. The summed E-state index contributed by atoms with van der Waals surface area (Å²) >= 11 is 0. The number of amides is 2. The summed E-state index contributed by atoms with van der Waals surface area (Å²) in [5.74, 6) is -0.0989. The fourth-order valence-electron chi connectivity index (χ4n) is 4.45. The molecule has 1 saturated heterocycles. The molecule has 3 aromatic rings. The van der Waals surface area contributed by atoms with Crippen molar-refractivity contribution in [3.05, 3.63) is 93.7 Å². The number of hydrogen-bond donors (Lipinski definition) is 2. The first kappa shape index (κ1) is 25.0. The van der Waals surface area contributed by atoms with Crippen molar-refractivity contribution in [2.45, 2.75) is 32.7 Å². The third kappa shape index (κ3) is 5.92. The van der Waals surface area contributed by atoms with Gasteiger partial charge < -0.3 is 10.6 Å². The number of nitrogens with one attached hydrogen (secondary N) is 2. The second kappa shape index (κ2) is 11.1. The van der Waals surface area contributed by atoms with Crippen LogP contribution in [0, 0.1) is 29.9 Å². The van der Waals surface area contributed by atoms with Gasteiger partial charge in [0, 0.05) is 18.2 Å². The van der Waals surface area contributed by atoms with Gasteiger partial charge in [-0.15, -0.1) is 0 Å². The van der Waals surface area contributed by atoms with E-state index in [0.717, 1.165) is 16.7 Å². The number of rotatable bonds is 7. The maximum atomic E-state index is 13.5. The molecule has 0 spiro atoms. The molecule has 4 rings (SSSR count). The lowest BCUT2D eigenvalue weighted by molar-refractivity contribution is -0.384. The van der Waals surface area contributed by atoms with Crippen LogP contribution >= 0.6 is 0 Å². The molecule has 9 nitrogen and oxygen atoms in total. The first-order valence-electron chi connectivity index (χ1n) is 11.9. The maximum absolute atomic E-state index is 13.5. The molecule has 2 heterocycles. The molecule has 0 bridgehead atoms. The van der Waals surface area contributed by atoms with E-state index >= 15 is 0 Å². The lowest BCUT2D eigenvalue weighted by Crippen LogP contribution is -2.44. The van der Waals surface area contributed by atoms with Crippen LogP contribution in [0.2, 0.25) is 0 Å². The van der Waals surface area contributed by atoms with Gasteiger partial charge in [0.05, 0.1) is 4.92 Å². The fourth-order valence-corrected chi connectivity index (χ4v) is 4.45. The summed E-state index contributed by atoms with van der Waals surface area (Å²) in [7, 11) is 0. The quantitative estimate of drug-likeness (QED) is 0.370. The number of nitro groups is 1. The second-order valence-corrected chi connectivity index (χ2v) is 9.10. The smallest absolute Gasteiger partial charge is 0.293 e. The van der Waals surface area contributed by atoms with Crippen molar-refractivity contribution in [3.8, 4) is 0 Å². The first-order chi connectivity index (χ1) is 17.3. The topological polar surface area (TPSA) is 117 Å². The van der Waals surface area contributed by atoms with Crippen molar-refractivity contribution in [2.75, 3.05) is 23.7 Å². The summed E-state index contributed by atoms with van der Waals surface area (Å²) in [5, 5.41) is 17.2. The third-order valence-electron chi connectivity index (χ3n) is 6.40. The number of pyridine rings is 1. The van der Waals surface area contributed by atoms with Gasteiger partial charge in [-0.2, -0.15) is 0 Å². The SMILES string of the molecule is Cc1ccc(NC(=O)C2CCN(C(C(=O)Nc3ccc(C)cc3[N+](=O)[O-])c3ccccc3)CC2)nc1. The van der Waals surface area contributed by atoms with Crippen LogP contribution in [0.4, 0.5) is 17.2 Å². The van der Waals surface area contributed by atoms with Gasteiger partial charge >= 0.3 is 0 Å². The number of likely N-dealkylation sites (tertiary alicyclic amines) is 1. The molecule has 1 atom stereocenters. The van der Waals surface area contributed by atoms with Crippen molar-refractivity contribution >= 4 is 29.0 Å². The van der Waals surface area contributed by atoms with Gasteiger partial charge in [-0.1, -0.05) is 42.5 Å². The molecule has 1 aliphatic heterocycles. The number of anilines is 2. The summed E-state index contributed by atoms with van der Waals surface area (Å²) in [6.45, 7) is 4.76. The highest BCUT2D eigenvalue weighted by molar-refractivity contribution is 5.97. The van der Waals surface area contributed by atoms with E-state index in [1.807, 2.05) is 48.2 Å². The van der Waals surface area contributed by atoms with E-state index in [-0.39, 0.29) is 29.1 Å². The van der Waals surface area contributed by atoms with Crippen LogP contribution in [0.5, 0.6) is 0 Å². The largest absolute Gasteiger partial charge is 0.319 e. The van der Waals surface area contributed by atoms with Crippen LogP contribution in [0.15, 0.2) is 66.9 Å². The average molecular weight is 488 g/mol. The van der Waals surface area contributed by atoms with Gasteiger partial charge in [-0.3, -0.25) is 24.6 Å². The normalized spacial score (nSPS) is 15.2. The molecule has 2 aromatic carbocycles. The number of aromatic nitrogens is 1. The number of aryl methyl sites for hydroxylation is 2. The van der Waals surface area contributed by atoms with Gasteiger partial charge in [0.25, 0.3) is 5.69 Å². The summed E-state index contributed by atoms with van der Waals surface area (Å²) < 4.78 is 0. The molecule has 9 heteroatoms. The predicted molar refractivity (Wildman–Crippen MR) is 138 cm³/mol. The number of nitro benzene ring substituents is 1. The molecule has 1 unspecified atom stereocenters. The molecule has 0 aliphatic carbocycles. The van der Waals surface area contributed by atoms with Crippen LogP contribution in [-0.4, -0.2) is 39.7 Å². The van der Waals surface area contributed by atoms with Crippen molar-refractivity contribution in [1.29, 1.82) is 0 Å². The molecule has 2 N–H and O–H groups in total. The molecule has 1 aromatic heterocycles. The zero-order valence-electron chi connectivity index (χ0n) is 20.3. The van der Waals surface area contributed by atoms with E-state index in [1.54, 1.807) is 31.3 Å². The maximum Gasteiger partial charge on any atom is 0.293 e. The Hall–Kier alpha value is -4.11. The van der Waals surface area contributed by atoms with Crippen LogP contribution < -0.4 is 10.6 Å². The average Bonchev–Trinajstić information content (AvgIpc) is 2.87. The van der Waals surface area contributed by atoms with Crippen LogP contribution in [0.1, 0.15) is 35.6 Å². The highest BCUT2D eigenvalue weighted by Crippen LogP contribution is 2.31. The Morgan fingerprint density at radius 3 is 2.33 bits per heavy atom. The second-order valence-electron chi connectivity index (χ2n) is 9.10. The zero-order chi connectivity index (χ0) is 25.7. The van der Waals surface area contributed by atoms with E-state index in [4.69, 9.17) is 0 Å². The van der Waals surface area contributed by atoms with Crippen molar-refractivity contribution in [2.24, 2.45) is 5.92 Å². The van der Waals surface area contributed by atoms with Crippen molar-refractivity contribution in [3.63, 3.8) is 0 Å². The van der Waals surface area contributed by atoms with E-state index in [2.05, 4.69) is 15.6 Å². The van der Waals surface area contributed by atoms with E-state index in [1.165, 1.54) is 6.07 Å². The van der Waals surface area contributed by atoms with Crippen LogP contribution in [0.3, 0.4) is 0 Å². The van der Waals surface area contributed by atoms with E-state index < -0.39 is 11.0 Å². The number of hydrogen-bond acceptors (Lipinski definition) is 6. The molecule has 36 heavy (non-hydrogen) atoms. The highest BCUT2D eigenvalue weighted by Gasteiger charge is 2.34. The van der Waals surface area contributed by atoms with Gasteiger partial charge in [-0.25, -0.2) is 4.98 Å². The number of nitrogens with zero attached hydrogens (tertiary/aromatic N) is 3. The summed E-state index contributed by atoms with van der Waals surface area (Å²) in [6.07, 6.45) is 2.87. The van der Waals surface area contributed by atoms with Gasteiger partial charge in [-0.05, 0) is 68.6 Å². The minimum Gasteiger partial charge on any atom is -0.319 e. The molecular formula is C27H29N5O4. The van der Waals surface area contributed by atoms with Crippen LogP contribution in [-0.2, 0) is 9.59 Å². The van der Waals surface area contributed by atoms with Gasteiger partial charge in [0.2, 0.25) is 11.8 Å². The zero-order valence-corrected chi connectivity index (χ0v) is 20.3. The lowest BCUT2D eigenvalue weighted by Gasteiger charge is -2.36. The fraction of sp³-hybridized carbons (Fsp3) is 0.296. The Morgan fingerprint density at radius 2 is 1.69 bits per heavy atom. The van der Waals surface area contributed by atoms with Gasteiger partial charge in [0.1, 0.15) is 17.5 Å². The molecule has 0 radical (unpaired) electrons. The predicted octanol–water partition coefficient (Wildman–Crippen LogP) is 4.64. The van der Waals surface area contributed by atoms with Crippen molar-refractivity contribution < 1.29 is 14.5 Å². The summed E-state index contributed by atoms with van der Waals surface area (Å²) in [5.41, 5.74) is 2.56. The van der Waals surface area contributed by atoms with Gasteiger partial charge in [0.15, 0.2) is 0 Å². The standard InChI is InChI=1S/C27H29N5O4/c1-18-8-10-22(23(16-18)32(35)36)29-27(34)25(20-6-4-3-5-7-20)31-14-12-21(13-15-31)26(33)30-24-11-9-19(2)17-28-24/h3-11,16-17,21,25H,12-15H2,1-2H3,(H,29,34)(H,28,30,33). The Bertz CT molecular complexity index is 1240. The number of benzene rings is 2. The van der Waals surface area contributed by atoms with Crippen LogP contribution in [0.25, 0.3) is 0 Å². The Labute approximate surface area is 209 Å². The lowest BCUT2D eigenvalue weighted by atomic mass is 9.93. The van der Waals surface area contributed by atoms with E-state index in [9.17, 15) is 19.7 Å². The Balaban J connectivity index is 1.48. The molecule has 1 fully saturated rings. The first-order valence-corrected chi connectivity index (χ1v) is 11.9. The Kier molecular flexibility index (Phi) is 7.70.